The summed E-state index contributed by atoms with van der Waals surface area (Å²) in [6, 6.07) is 6.96. The number of ether oxygens (including phenoxy) is 1. The lowest BCUT2D eigenvalue weighted by molar-refractivity contribution is -0.139. The third-order valence-electron chi connectivity index (χ3n) is 4.49. The fourth-order valence-corrected chi connectivity index (χ4v) is 3.28. The summed E-state index contributed by atoms with van der Waals surface area (Å²) in [5.41, 5.74) is -0.485. The lowest BCUT2D eigenvalue weighted by atomic mass is 9.95. The fraction of sp³-hybridized carbons (Fsp3) is 0.519. The minimum Gasteiger partial charge on any atom is -0.444 e. The van der Waals surface area contributed by atoms with Gasteiger partial charge in [-0.05, 0) is 59.9 Å². The van der Waals surface area contributed by atoms with E-state index in [0.29, 0.717) is 17.5 Å². The molecule has 0 heterocycles. The van der Waals surface area contributed by atoms with Crippen LogP contribution in [0.15, 0.2) is 24.3 Å². The van der Waals surface area contributed by atoms with Crippen LogP contribution in [0.4, 0.5) is 4.79 Å². The van der Waals surface area contributed by atoms with Crippen molar-refractivity contribution in [3.8, 4) is 24.8 Å². The highest BCUT2D eigenvalue weighted by atomic mass is 16.6. The number of amides is 3. The average Bonchev–Trinajstić information content (AvgIpc) is 2.67. The third-order valence-corrected chi connectivity index (χ3v) is 4.49. The molecule has 0 aliphatic heterocycles. The molecule has 1 aromatic carbocycles. The van der Waals surface area contributed by atoms with Crippen LogP contribution in [0.3, 0.4) is 0 Å². The molecule has 7 nitrogen and oxygen atoms in total. The van der Waals surface area contributed by atoms with Gasteiger partial charge in [0.2, 0.25) is 5.91 Å². The molecule has 2 N–H and O–H groups in total. The SMILES string of the molecule is C#Cc1ccccc1C(C(=O)NC(C)(C)C)N(C#C)C(=O)C(CC(C)C)NC(=O)OC(C)(C)C. The zero-order valence-corrected chi connectivity index (χ0v) is 21.5. The van der Waals surface area contributed by atoms with Crippen molar-refractivity contribution in [3.05, 3.63) is 35.4 Å². The van der Waals surface area contributed by atoms with Gasteiger partial charge in [-0.25, -0.2) is 4.79 Å². The molecule has 0 fully saturated rings. The zero-order chi connectivity index (χ0) is 26.3. The van der Waals surface area contributed by atoms with Crippen LogP contribution in [0, 0.1) is 30.7 Å². The summed E-state index contributed by atoms with van der Waals surface area (Å²) >= 11 is 0. The van der Waals surface area contributed by atoms with E-state index in [-0.39, 0.29) is 5.92 Å². The first kappa shape index (κ1) is 28.6. The number of terminal acetylenes is 2. The number of carbonyl (C=O) groups excluding carboxylic acids is 3. The van der Waals surface area contributed by atoms with Gasteiger partial charge >= 0.3 is 6.09 Å². The molecule has 7 heteroatoms. The Morgan fingerprint density at radius 3 is 2.12 bits per heavy atom. The lowest BCUT2D eigenvalue weighted by Gasteiger charge is -2.33. The van der Waals surface area contributed by atoms with Gasteiger partial charge in [-0.2, -0.15) is 0 Å². The monoisotopic (exact) mass is 467 g/mol. The van der Waals surface area contributed by atoms with Crippen molar-refractivity contribution >= 4 is 17.9 Å². The second kappa shape index (κ2) is 11.6. The van der Waals surface area contributed by atoms with Crippen LogP contribution >= 0.6 is 0 Å². The average molecular weight is 468 g/mol. The van der Waals surface area contributed by atoms with Crippen molar-refractivity contribution in [2.24, 2.45) is 5.92 Å². The summed E-state index contributed by atoms with van der Waals surface area (Å²) < 4.78 is 5.33. The van der Waals surface area contributed by atoms with Crippen molar-refractivity contribution in [1.82, 2.24) is 15.5 Å². The molecule has 0 radical (unpaired) electrons. The van der Waals surface area contributed by atoms with E-state index < -0.39 is 41.1 Å². The first-order valence-corrected chi connectivity index (χ1v) is 11.3. The minimum absolute atomic E-state index is 0.0448. The normalized spacial score (nSPS) is 13.1. The van der Waals surface area contributed by atoms with Crippen LogP contribution in [0.2, 0.25) is 0 Å². The van der Waals surface area contributed by atoms with Crippen LogP contribution in [0.1, 0.15) is 79.0 Å². The van der Waals surface area contributed by atoms with Gasteiger partial charge in [0.25, 0.3) is 5.91 Å². The number of hydrogen-bond donors (Lipinski definition) is 2. The summed E-state index contributed by atoms with van der Waals surface area (Å²) in [5.74, 6) is 1.51. The summed E-state index contributed by atoms with van der Waals surface area (Å²) in [4.78, 5) is 40.6. The Hall–Kier alpha value is -3.45. The third kappa shape index (κ3) is 8.83. The summed E-state index contributed by atoms with van der Waals surface area (Å²) in [5, 5.41) is 5.50. The lowest BCUT2D eigenvalue weighted by Crippen LogP contribution is -2.53. The number of hydrogen-bond acceptors (Lipinski definition) is 4. The molecule has 3 amide bonds. The minimum atomic E-state index is -1.20. The highest BCUT2D eigenvalue weighted by molar-refractivity contribution is 5.93. The predicted molar refractivity (Wildman–Crippen MR) is 133 cm³/mol. The van der Waals surface area contributed by atoms with Gasteiger partial charge < -0.3 is 15.4 Å². The number of rotatable bonds is 7. The van der Waals surface area contributed by atoms with Gasteiger partial charge in [-0.1, -0.05) is 44.4 Å². The van der Waals surface area contributed by atoms with Gasteiger partial charge in [0.15, 0.2) is 0 Å². The summed E-state index contributed by atoms with van der Waals surface area (Å²) in [7, 11) is 0. The quantitative estimate of drug-likeness (QED) is 0.469. The summed E-state index contributed by atoms with van der Waals surface area (Å²) in [6.07, 6.45) is 11.0. The smallest absolute Gasteiger partial charge is 0.408 e. The van der Waals surface area contributed by atoms with E-state index in [0.717, 1.165) is 4.90 Å². The standard InChI is InChI=1S/C27H37N3O4/c1-11-19-15-13-14-16-20(19)22(23(31)29-26(5,6)7)30(12-2)24(32)21(17-18(3)4)28-25(33)34-27(8,9)10/h1-2,13-16,18,21-22H,17H2,3-10H3,(H,28,33)(H,29,31). The Labute approximate surface area is 204 Å². The maximum atomic E-state index is 13.7. The van der Waals surface area contributed by atoms with E-state index in [4.69, 9.17) is 17.6 Å². The van der Waals surface area contributed by atoms with E-state index in [2.05, 4.69) is 22.6 Å². The zero-order valence-electron chi connectivity index (χ0n) is 21.5. The first-order chi connectivity index (χ1) is 15.6. The van der Waals surface area contributed by atoms with E-state index in [9.17, 15) is 14.4 Å². The molecule has 0 saturated carbocycles. The second-order valence-corrected chi connectivity index (χ2v) is 10.5. The number of benzene rings is 1. The first-order valence-electron chi connectivity index (χ1n) is 11.3. The molecule has 1 aromatic rings. The maximum absolute atomic E-state index is 13.7. The summed E-state index contributed by atoms with van der Waals surface area (Å²) in [6.45, 7) is 14.5. The Bertz CT molecular complexity index is 971. The second-order valence-electron chi connectivity index (χ2n) is 10.5. The van der Waals surface area contributed by atoms with Crippen LogP contribution in [0.25, 0.3) is 0 Å². The maximum Gasteiger partial charge on any atom is 0.408 e. The highest BCUT2D eigenvalue weighted by Crippen LogP contribution is 2.26. The van der Waals surface area contributed by atoms with Crippen molar-refractivity contribution in [1.29, 1.82) is 0 Å². The van der Waals surface area contributed by atoms with Gasteiger partial charge in [-0.15, -0.1) is 6.42 Å². The molecule has 2 unspecified atom stereocenters. The highest BCUT2D eigenvalue weighted by Gasteiger charge is 2.38. The fourth-order valence-electron chi connectivity index (χ4n) is 3.28. The molecule has 1 rings (SSSR count). The van der Waals surface area contributed by atoms with E-state index in [1.165, 1.54) is 0 Å². The molecule has 0 saturated heterocycles. The molecule has 2 atom stereocenters. The number of alkyl carbamates (subject to hydrolysis) is 1. The number of nitrogens with one attached hydrogen (secondary N) is 2. The van der Waals surface area contributed by atoms with Crippen molar-refractivity contribution in [3.63, 3.8) is 0 Å². The molecule has 0 aliphatic rings. The van der Waals surface area contributed by atoms with Crippen molar-refractivity contribution in [2.45, 2.75) is 85.0 Å². The molecular weight excluding hydrogens is 430 g/mol. The number of nitrogens with zero attached hydrogens (tertiary/aromatic N) is 1. The van der Waals surface area contributed by atoms with Crippen molar-refractivity contribution in [2.75, 3.05) is 0 Å². The van der Waals surface area contributed by atoms with E-state index >= 15 is 0 Å². The van der Waals surface area contributed by atoms with Gasteiger partial charge in [0.05, 0.1) is 0 Å². The van der Waals surface area contributed by atoms with Crippen LogP contribution in [-0.2, 0) is 14.3 Å². The molecule has 184 valence electrons. The van der Waals surface area contributed by atoms with Gasteiger partial charge in [-0.3, -0.25) is 14.5 Å². The van der Waals surface area contributed by atoms with Crippen LogP contribution in [0.5, 0.6) is 0 Å². The van der Waals surface area contributed by atoms with Crippen LogP contribution < -0.4 is 10.6 Å². The molecule has 0 bridgehead atoms. The molecule has 34 heavy (non-hydrogen) atoms. The molecule has 0 aliphatic carbocycles. The van der Waals surface area contributed by atoms with Crippen LogP contribution in [-0.4, -0.2) is 40.0 Å². The Morgan fingerprint density at radius 2 is 1.65 bits per heavy atom. The van der Waals surface area contributed by atoms with E-state index in [1.54, 1.807) is 45.0 Å². The Morgan fingerprint density at radius 1 is 1.06 bits per heavy atom. The Balaban J connectivity index is 3.50. The van der Waals surface area contributed by atoms with Gasteiger partial charge in [0, 0.05) is 22.7 Å². The molecule has 0 aromatic heterocycles. The topological polar surface area (TPSA) is 87.7 Å². The van der Waals surface area contributed by atoms with E-state index in [1.807, 2.05) is 34.6 Å². The van der Waals surface area contributed by atoms with Crippen molar-refractivity contribution < 1.29 is 19.1 Å². The Kier molecular flexibility index (Phi) is 9.76. The molecule has 0 spiro atoms. The van der Waals surface area contributed by atoms with Gasteiger partial charge in [0.1, 0.15) is 17.7 Å². The predicted octanol–water partition coefficient (Wildman–Crippen LogP) is 3.98. The molecular formula is C27H37N3O4. The largest absolute Gasteiger partial charge is 0.444 e. The number of carbonyl (C=O) groups is 3.